The van der Waals surface area contributed by atoms with E-state index in [1.165, 1.54) is 5.56 Å². The number of benzene rings is 3. The predicted molar refractivity (Wildman–Crippen MR) is 132 cm³/mol. The Kier molecular flexibility index (Phi) is 7.63. The Bertz CT molecular complexity index is 1040. The molecule has 1 heterocycles. The average Bonchev–Trinajstić information content (AvgIpc) is 2.88. The number of rotatable bonds is 8. The molecule has 4 rings (SSSR count). The summed E-state index contributed by atoms with van der Waals surface area (Å²) in [5.74, 6) is 1.61. The summed E-state index contributed by atoms with van der Waals surface area (Å²) in [6.07, 6.45) is 0. The Morgan fingerprint density at radius 1 is 0.818 bits per heavy atom. The molecule has 0 saturated carbocycles. The third kappa shape index (κ3) is 5.74. The fraction of sp³-hybridized carbons (Fsp3) is 0.321. The lowest BCUT2D eigenvalue weighted by molar-refractivity contribution is 0.0643. The number of likely N-dealkylation sites (N-methyl/N-ethyl adjacent to an activating group) is 1. The lowest BCUT2D eigenvalue weighted by Crippen LogP contribution is -2.48. The van der Waals surface area contributed by atoms with Gasteiger partial charge in [-0.2, -0.15) is 0 Å². The van der Waals surface area contributed by atoms with Gasteiger partial charge in [0.15, 0.2) is 0 Å². The number of hydrogen-bond donors (Lipinski definition) is 0. The maximum absolute atomic E-state index is 13.1. The van der Waals surface area contributed by atoms with Crippen molar-refractivity contribution < 1.29 is 14.3 Å². The van der Waals surface area contributed by atoms with Crippen LogP contribution in [0.4, 0.5) is 0 Å². The highest BCUT2D eigenvalue weighted by atomic mass is 16.5. The summed E-state index contributed by atoms with van der Waals surface area (Å²) in [6.45, 7) is 9.42. The first-order chi connectivity index (χ1) is 16.2. The molecule has 1 saturated heterocycles. The zero-order valence-corrected chi connectivity index (χ0v) is 19.5. The molecule has 172 valence electrons. The summed E-state index contributed by atoms with van der Waals surface area (Å²) in [6, 6.07) is 24.0. The molecule has 0 N–H and O–H groups in total. The molecule has 0 aromatic heterocycles. The average molecular weight is 445 g/mol. The Labute approximate surface area is 196 Å². The number of ether oxygens (including phenoxy) is 2. The maximum atomic E-state index is 13.1. The fourth-order valence-electron chi connectivity index (χ4n) is 4.11. The molecule has 1 aliphatic rings. The predicted octanol–water partition coefficient (Wildman–Crippen LogP) is 5.11. The molecule has 0 unspecified atom stereocenters. The van der Waals surface area contributed by atoms with E-state index in [1.807, 2.05) is 60.4 Å². The van der Waals surface area contributed by atoms with Crippen LogP contribution < -0.4 is 9.47 Å². The highest BCUT2D eigenvalue weighted by Gasteiger charge is 2.22. The molecule has 0 radical (unpaired) electrons. The Balaban J connectivity index is 1.45. The van der Waals surface area contributed by atoms with Crippen molar-refractivity contribution >= 4 is 5.91 Å². The summed E-state index contributed by atoms with van der Waals surface area (Å²) in [7, 11) is 0. The van der Waals surface area contributed by atoms with Crippen LogP contribution in [-0.4, -0.2) is 55.0 Å². The SMILES string of the molecule is CCOc1ccc(C(=O)N2CCN(CC)CC2)cc1COc1ccc(-c2ccccc2)cc1. The lowest BCUT2D eigenvalue weighted by Gasteiger charge is -2.34. The van der Waals surface area contributed by atoms with Crippen molar-refractivity contribution in [2.24, 2.45) is 0 Å². The van der Waals surface area contributed by atoms with Gasteiger partial charge in [-0.25, -0.2) is 0 Å². The van der Waals surface area contributed by atoms with Crippen molar-refractivity contribution in [2.45, 2.75) is 20.5 Å². The lowest BCUT2D eigenvalue weighted by atomic mass is 10.1. The number of hydrogen-bond acceptors (Lipinski definition) is 4. The summed E-state index contributed by atoms with van der Waals surface area (Å²) in [4.78, 5) is 17.4. The zero-order chi connectivity index (χ0) is 23.0. The molecule has 5 nitrogen and oxygen atoms in total. The summed E-state index contributed by atoms with van der Waals surface area (Å²) in [5.41, 5.74) is 3.88. The summed E-state index contributed by atoms with van der Waals surface area (Å²) >= 11 is 0. The van der Waals surface area contributed by atoms with Crippen LogP contribution >= 0.6 is 0 Å². The molecular formula is C28H32N2O3. The van der Waals surface area contributed by atoms with E-state index < -0.39 is 0 Å². The van der Waals surface area contributed by atoms with Gasteiger partial charge in [-0.15, -0.1) is 0 Å². The van der Waals surface area contributed by atoms with Gasteiger partial charge in [0.1, 0.15) is 18.1 Å². The smallest absolute Gasteiger partial charge is 0.253 e. The minimum absolute atomic E-state index is 0.0715. The van der Waals surface area contributed by atoms with Crippen molar-refractivity contribution in [2.75, 3.05) is 39.3 Å². The van der Waals surface area contributed by atoms with Crippen molar-refractivity contribution in [3.05, 3.63) is 83.9 Å². The molecule has 5 heteroatoms. The van der Waals surface area contributed by atoms with E-state index in [4.69, 9.17) is 9.47 Å². The van der Waals surface area contributed by atoms with Gasteiger partial charge in [0.2, 0.25) is 0 Å². The van der Waals surface area contributed by atoms with Crippen LogP contribution in [0.25, 0.3) is 11.1 Å². The fourth-order valence-corrected chi connectivity index (χ4v) is 4.11. The summed E-state index contributed by atoms with van der Waals surface area (Å²) < 4.78 is 11.9. The van der Waals surface area contributed by atoms with Gasteiger partial charge >= 0.3 is 0 Å². The van der Waals surface area contributed by atoms with Crippen LogP contribution in [0.5, 0.6) is 11.5 Å². The molecule has 33 heavy (non-hydrogen) atoms. The molecule has 0 atom stereocenters. The monoisotopic (exact) mass is 444 g/mol. The van der Waals surface area contributed by atoms with Crippen LogP contribution in [0.1, 0.15) is 29.8 Å². The molecule has 3 aromatic carbocycles. The number of amides is 1. The molecule has 0 spiro atoms. The Morgan fingerprint density at radius 3 is 2.18 bits per heavy atom. The number of nitrogens with zero attached hydrogens (tertiary/aromatic N) is 2. The number of carbonyl (C=O) groups excluding carboxylic acids is 1. The molecule has 0 aliphatic carbocycles. The van der Waals surface area contributed by atoms with E-state index in [9.17, 15) is 4.79 Å². The minimum Gasteiger partial charge on any atom is -0.493 e. The van der Waals surface area contributed by atoms with E-state index in [0.29, 0.717) is 18.8 Å². The van der Waals surface area contributed by atoms with Gasteiger partial charge in [-0.1, -0.05) is 49.4 Å². The standard InChI is InChI=1S/C28H32N2O3/c1-3-29-16-18-30(19-17-29)28(31)24-12-15-27(32-4-2)25(20-24)21-33-26-13-10-23(11-14-26)22-8-6-5-7-9-22/h5-15,20H,3-4,16-19,21H2,1-2H3. The van der Waals surface area contributed by atoms with Gasteiger partial charge in [-0.3, -0.25) is 4.79 Å². The number of piperazine rings is 1. The molecule has 1 amide bonds. The molecule has 3 aromatic rings. The van der Waals surface area contributed by atoms with E-state index in [2.05, 4.69) is 36.1 Å². The molecule has 0 bridgehead atoms. The Hall–Kier alpha value is -3.31. The topological polar surface area (TPSA) is 42.0 Å². The minimum atomic E-state index is 0.0715. The van der Waals surface area contributed by atoms with Gasteiger partial charge in [0, 0.05) is 37.3 Å². The third-order valence-electron chi connectivity index (χ3n) is 6.07. The van der Waals surface area contributed by atoms with Crippen molar-refractivity contribution in [1.29, 1.82) is 0 Å². The van der Waals surface area contributed by atoms with Crippen molar-refractivity contribution in [3.63, 3.8) is 0 Å². The second-order valence-electron chi connectivity index (χ2n) is 8.16. The molecular weight excluding hydrogens is 412 g/mol. The first kappa shape index (κ1) is 22.9. The van der Waals surface area contributed by atoms with E-state index in [1.54, 1.807) is 0 Å². The van der Waals surface area contributed by atoms with Crippen LogP contribution in [0.3, 0.4) is 0 Å². The molecule has 1 aliphatic heterocycles. The van der Waals surface area contributed by atoms with Crippen LogP contribution in [-0.2, 0) is 6.61 Å². The number of carbonyl (C=O) groups is 1. The first-order valence-electron chi connectivity index (χ1n) is 11.7. The van der Waals surface area contributed by atoms with Crippen LogP contribution in [0.2, 0.25) is 0 Å². The van der Waals surface area contributed by atoms with Crippen LogP contribution in [0, 0.1) is 0 Å². The second kappa shape index (κ2) is 11.0. The van der Waals surface area contributed by atoms with Gasteiger partial charge in [0.25, 0.3) is 5.91 Å². The first-order valence-corrected chi connectivity index (χ1v) is 11.7. The second-order valence-corrected chi connectivity index (χ2v) is 8.16. The van der Waals surface area contributed by atoms with E-state index >= 15 is 0 Å². The highest BCUT2D eigenvalue weighted by Crippen LogP contribution is 2.26. The zero-order valence-electron chi connectivity index (χ0n) is 19.5. The molecule has 1 fully saturated rings. The van der Waals surface area contributed by atoms with E-state index in [0.717, 1.165) is 55.3 Å². The largest absolute Gasteiger partial charge is 0.493 e. The Morgan fingerprint density at radius 2 is 1.52 bits per heavy atom. The van der Waals surface area contributed by atoms with Crippen molar-refractivity contribution in [1.82, 2.24) is 9.80 Å². The van der Waals surface area contributed by atoms with E-state index in [-0.39, 0.29) is 5.91 Å². The van der Waals surface area contributed by atoms with Gasteiger partial charge in [0.05, 0.1) is 6.61 Å². The normalized spacial score (nSPS) is 14.2. The third-order valence-corrected chi connectivity index (χ3v) is 6.07. The summed E-state index contributed by atoms with van der Waals surface area (Å²) in [5, 5.41) is 0. The van der Waals surface area contributed by atoms with Gasteiger partial charge in [-0.05, 0) is 54.9 Å². The maximum Gasteiger partial charge on any atom is 0.253 e. The van der Waals surface area contributed by atoms with Gasteiger partial charge < -0.3 is 19.3 Å². The quantitative estimate of drug-likeness (QED) is 0.484. The highest BCUT2D eigenvalue weighted by molar-refractivity contribution is 5.94. The van der Waals surface area contributed by atoms with Crippen LogP contribution in [0.15, 0.2) is 72.8 Å². The van der Waals surface area contributed by atoms with Crippen molar-refractivity contribution in [3.8, 4) is 22.6 Å².